The van der Waals surface area contributed by atoms with E-state index in [9.17, 15) is 4.79 Å². The molecular weight excluding hydrogens is 358 g/mol. The Bertz CT molecular complexity index is 705. The lowest BCUT2D eigenvalue weighted by atomic mass is 9.95. The molecule has 1 saturated heterocycles. The summed E-state index contributed by atoms with van der Waals surface area (Å²) >= 11 is 7.36. The van der Waals surface area contributed by atoms with E-state index in [-0.39, 0.29) is 11.9 Å². The predicted molar refractivity (Wildman–Crippen MR) is 100 cm³/mol. The van der Waals surface area contributed by atoms with Gasteiger partial charge in [-0.25, -0.2) is 4.98 Å². The highest BCUT2D eigenvalue weighted by molar-refractivity contribution is 7.09. The van der Waals surface area contributed by atoms with E-state index in [1.54, 1.807) is 12.1 Å². The summed E-state index contributed by atoms with van der Waals surface area (Å²) in [5.74, 6) is 1.28. The molecule has 0 bridgehead atoms. The third kappa shape index (κ3) is 5.42. The van der Waals surface area contributed by atoms with Gasteiger partial charge in [0.05, 0.1) is 12.1 Å². The third-order valence-corrected chi connectivity index (χ3v) is 5.41. The molecule has 25 heavy (non-hydrogen) atoms. The van der Waals surface area contributed by atoms with Gasteiger partial charge >= 0.3 is 0 Å². The summed E-state index contributed by atoms with van der Waals surface area (Å²) < 4.78 is 5.68. The molecule has 1 aliphatic heterocycles. The van der Waals surface area contributed by atoms with Crippen LogP contribution in [0.5, 0.6) is 5.75 Å². The van der Waals surface area contributed by atoms with E-state index in [0.29, 0.717) is 24.0 Å². The van der Waals surface area contributed by atoms with Crippen molar-refractivity contribution in [3.63, 3.8) is 0 Å². The maximum atomic E-state index is 12.2. The normalized spacial score (nSPS) is 20.2. The molecule has 1 aromatic carbocycles. The lowest BCUT2D eigenvalue weighted by Gasteiger charge is -2.30. The predicted octanol–water partition coefficient (Wildman–Crippen LogP) is 3.03. The summed E-state index contributed by atoms with van der Waals surface area (Å²) in [6.45, 7) is 4.43. The van der Waals surface area contributed by atoms with Gasteiger partial charge in [-0.05, 0) is 43.1 Å². The maximum Gasteiger partial charge on any atom is 0.226 e. The highest BCUT2D eigenvalue weighted by Crippen LogP contribution is 2.18. The summed E-state index contributed by atoms with van der Waals surface area (Å²) in [6, 6.07) is 7.42. The van der Waals surface area contributed by atoms with E-state index >= 15 is 0 Å². The molecule has 5 nitrogen and oxygen atoms in total. The Morgan fingerprint density at radius 3 is 3.00 bits per heavy atom. The minimum absolute atomic E-state index is 0.0241. The van der Waals surface area contributed by atoms with Crippen molar-refractivity contribution in [1.29, 1.82) is 0 Å². The number of nitrogens with one attached hydrogen (secondary N) is 2. The molecule has 1 aliphatic rings. The number of thiazole rings is 1. The summed E-state index contributed by atoms with van der Waals surface area (Å²) in [6.07, 6.45) is 1.40. The van der Waals surface area contributed by atoms with Crippen molar-refractivity contribution in [2.75, 3.05) is 13.1 Å². The molecule has 0 saturated carbocycles. The second kappa shape index (κ2) is 8.65. The van der Waals surface area contributed by atoms with Gasteiger partial charge in [0.1, 0.15) is 17.4 Å². The monoisotopic (exact) mass is 379 g/mol. The summed E-state index contributed by atoms with van der Waals surface area (Å²) in [7, 11) is 0. The maximum absolute atomic E-state index is 12.2. The molecule has 2 aromatic rings. The Labute approximate surface area is 156 Å². The zero-order valence-corrected chi connectivity index (χ0v) is 15.7. The van der Waals surface area contributed by atoms with Crippen molar-refractivity contribution in [3.05, 3.63) is 45.4 Å². The molecule has 2 heterocycles. The van der Waals surface area contributed by atoms with Gasteiger partial charge in [-0.2, -0.15) is 0 Å². The Morgan fingerprint density at radius 1 is 1.44 bits per heavy atom. The molecule has 1 amide bonds. The minimum Gasteiger partial charge on any atom is -0.486 e. The highest BCUT2D eigenvalue weighted by atomic mass is 35.5. The second-order valence-electron chi connectivity index (χ2n) is 6.30. The number of benzene rings is 1. The molecule has 2 unspecified atom stereocenters. The number of amides is 1. The molecule has 0 radical (unpaired) electrons. The molecule has 134 valence electrons. The Hall–Kier alpha value is -1.63. The van der Waals surface area contributed by atoms with Crippen LogP contribution in [0.4, 0.5) is 0 Å². The second-order valence-corrected chi connectivity index (χ2v) is 7.68. The topological polar surface area (TPSA) is 63.2 Å². The van der Waals surface area contributed by atoms with E-state index < -0.39 is 0 Å². The van der Waals surface area contributed by atoms with Gasteiger partial charge in [0, 0.05) is 23.0 Å². The van der Waals surface area contributed by atoms with Gasteiger partial charge in [-0.15, -0.1) is 11.3 Å². The molecule has 7 heteroatoms. The summed E-state index contributed by atoms with van der Waals surface area (Å²) in [4.78, 5) is 16.7. The standard InChI is InChI=1S/C18H22ClN3O2S/c1-12-6-7-20-9-16(12)22-17(23)8-14-11-25-18(21-14)10-24-15-4-2-13(19)3-5-15/h2-5,11-12,16,20H,6-10H2,1H3,(H,22,23). The van der Waals surface area contributed by atoms with Crippen LogP contribution in [0.15, 0.2) is 29.6 Å². The fourth-order valence-electron chi connectivity index (χ4n) is 2.78. The van der Waals surface area contributed by atoms with Gasteiger partial charge in [-0.3, -0.25) is 4.79 Å². The number of nitrogens with zero attached hydrogens (tertiary/aromatic N) is 1. The first kappa shape index (κ1) is 18.2. The molecule has 3 rings (SSSR count). The number of carbonyl (C=O) groups is 1. The SMILES string of the molecule is CC1CCNCC1NC(=O)Cc1csc(COc2ccc(Cl)cc2)n1. The van der Waals surface area contributed by atoms with Gasteiger partial charge in [0.15, 0.2) is 0 Å². The molecular formula is C18H22ClN3O2S. The molecule has 2 atom stereocenters. The van der Waals surface area contributed by atoms with Crippen molar-refractivity contribution in [2.45, 2.75) is 32.4 Å². The van der Waals surface area contributed by atoms with Crippen molar-refractivity contribution < 1.29 is 9.53 Å². The average Bonchev–Trinajstić information content (AvgIpc) is 3.04. The molecule has 0 spiro atoms. The first-order valence-corrected chi connectivity index (χ1v) is 9.67. The smallest absolute Gasteiger partial charge is 0.226 e. The van der Waals surface area contributed by atoms with Crippen molar-refractivity contribution >= 4 is 28.8 Å². The first-order chi connectivity index (χ1) is 12.1. The third-order valence-electron chi connectivity index (χ3n) is 4.29. The van der Waals surface area contributed by atoms with Crippen LogP contribution in [-0.4, -0.2) is 30.0 Å². The van der Waals surface area contributed by atoms with E-state index in [4.69, 9.17) is 16.3 Å². The van der Waals surface area contributed by atoms with E-state index in [2.05, 4.69) is 22.5 Å². The number of piperidine rings is 1. The highest BCUT2D eigenvalue weighted by Gasteiger charge is 2.22. The zero-order valence-electron chi connectivity index (χ0n) is 14.1. The van der Waals surface area contributed by atoms with Crippen LogP contribution in [0.3, 0.4) is 0 Å². The van der Waals surface area contributed by atoms with Gasteiger partial charge in [-0.1, -0.05) is 18.5 Å². The van der Waals surface area contributed by atoms with Crippen molar-refractivity contribution in [1.82, 2.24) is 15.6 Å². The summed E-state index contributed by atoms with van der Waals surface area (Å²) in [5.41, 5.74) is 0.786. The van der Waals surface area contributed by atoms with Gasteiger partial charge in [0.2, 0.25) is 5.91 Å². The molecule has 0 aliphatic carbocycles. The fraction of sp³-hybridized carbons (Fsp3) is 0.444. The minimum atomic E-state index is 0.0241. The fourth-order valence-corrected chi connectivity index (χ4v) is 3.61. The van der Waals surface area contributed by atoms with Crippen LogP contribution in [0.1, 0.15) is 24.0 Å². The Balaban J connectivity index is 1.47. The lowest BCUT2D eigenvalue weighted by molar-refractivity contribution is -0.121. The van der Waals surface area contributed by atoms with Crippen LogP contribution in [0.25, 0.3) is 0 Å². The number of aromatic nitrogens is 1. The van der Waals surface area contributed by atoms with Crippen LogP contribution in [-0.2, 0) is 17.8 Å². The number of ether oxygens (including phenoxy) is 1. The number of hydrogen-bond acceptors (Lipinski definition) is 5. The molecule has 1 aromatic heterocycles. The summed E-state index contributed by atoms with van der Waals surface area (Å²) in [5, 5.41) is 9.88. The van der Waals surface area contributed by atoms with Crippen molar-refractivity contribution in [3.8, 4) is 5.75 Å². The zero-order chi connectivity index (χ0) is 17.6. The van der Waals surface area contributed by atoms with Crippen LogP contribution in [0.2, 0.25) is 5.02 Å². The van der Waals surface area contributed by atoms with Crippen molar-refractivity contribution in [2.24, 2.45) is 5.92 Å². The van der Waals surface area contributed by atoms with Gasteiger partial charge in [0.25, 0.3) is 0 Å². The molecule has 2 N–H and O–H groups in total. The largest absolute Gasteiger partial charge is 0.486 e. The molecule has 1 fully saturated rings. The number of carbonyl (C=O) groups excluding carboxylic acids is 1. The Kier molecular flexibility index (Phi) is 6.29. The number of hydrogen-bond donors (Lipinski definition) is 2. The lowest BCUT2D eigenvalue weighted by Crippen LogP contribution is -2.50. The van der Waals surface area contributed by atoms with Gasteiger partial charge < -0.3 is 15.4 Å². The van der Waals surface area contributed by atoms with E-state index in [1.807, 2.05) is 17.5 Å². The number of halogens is 1. The first-order valence-electron chi connectivity index (χ1n) is 8.42. The van der Waals surface area contributed by atoms with E-state index in [1.165, 1.54) is 11.3 Å². The number of rotatable bonds is 6. The van der Waals surface area contributed by atoms with Crippen LogP contribution >= 0.6 is 22.9 Å². The van der Waals surface area contributed by atoms with Crippen LogP contribution < -0.4 is 15.4 Å². The van der Waals surface area contributed by atoms with Crippen LogP contribution in [0, 0.1) is 5.92 Å². The quantitative estimate of drug-likeness (QED) is 0.809. The van der Waals surface area contributed by atoms with E-state index in [0.717, 1.165) is 36.0 Å². The Morgan fingerprint density at radius 2 is 2.24 bits per heavy atom. The average molecular weight is 380 g/mol.